The Balaban J connectivity index is 0.000000146. The van der Waals surface area contributed by atoms with E-state index in [4.69, 9.17) is 14.2 Å². The first kappa shape index (κ1) is 61.0. The minimum atomic E-state index is -0.253. The Kier molecular flexibility index (Phi) is 22.3. The first-order valence-corrected chi connectivity index (χ1v) is 33.6. The van der Waals surface area contributed by atoms with Crippen LogP contribution in [0.4, 0.5) is 0 Å². The third-order valence-electron chi connectivity index (χ3n) is 18.1. The molecule has 5 saturated carbocycles. The zero-order valence-corrected chi connectivity index (χ0v) is 53.0. The van der Waals surface area contributed by atoms with Crippen LogP contribution >= 0.6 is 56.6 Å². The molecule has 0 amide bonds. The molecule has 0 unspecified atom stereocenters. The van der Waals surface area contributed by atoms with Gasteiger partial charge in [0, 0.05) is 61.2 Å². The standard InChI is InChI=1S/C25H33NO3S.C23H29NO2S.C18H24INO2S/c1-17-3-8-19(9-4-17)23-16-26(13-14-27)12-11-21(23)22-15-20(10-7-18-5-6-18)30-24(22)25(28)29-2;1-15-3-8-17(9-4-15)21-14-24-12-11-19(21)20-13-18(10-7-16-5-6-16)27-22(20)23(25)26-2;1-11-3-5-12(6-4-11)15-10-20-8-7-13(15)14-9-16(19)23-17(14)18(21)22-2/h15,17-19,27H,3-6,8-9,11-14,16H2,1-2H3;13,15-17,24H,3-6,8-9,11-12,14H2,1-2H3;9,11-12,20H,3-8,10H2,1-2H3. The number of carbonyl (C=O) groups excluding carboxylic acids is 3. The summed E-state index contributed by atoms with van der Waals surface area (Å²) < 4.78 is 16.4. The number of thiophene rings is 3. The average molecular weight is 1260 g/mol. The van der Waals surface area contributed by atoms with Crippen LogP contribution in [0.2, 0.25) is 0 Å². The number of nitrogens with one attached hydrogen (secondary N) is 2. The van der Waals surface area contributed by atoms with Crippen molar-refractivity contribution in [3.63, 3.8) is 0 Å². The molecule has 3 aromatic rings. The molecule has 0 bridgehead atoms. The summed E-state index contributed by atoms with van der Waals surface area (Å²) in [7, 11) is 4.41. The van der Waals surface area contributed by atoms with E-state index in [9.17, 15) is 19.5 Å². The fourth-order valence-corrected chi connectivity index (χ4v) is 16.7. The predicted octanol–water partition coefficient (Wildman–Crippen LogP) is 14.2. The molecule has 5 aliphatic carbocycles. The van der Waals surface area contributed by atoms with Crippen LogP contribution in [0, 0.1) is 73.9 Å². The largest absolute Gasteiger partial charge is 0.465 e. The number of rotatable bonds is 11. The van der Waals surface area contributed by atoms with Gasteiger partial charge in [-0.15, -0.1) is 34.0 Å². The number of nitrogens with zero attached hydrogens (tertiary/aromatic N) is 1. The molecule has 8 aliphatic rings. The molecule has 0 saturated heterocycles. The van der Waals surface area contributed by atoms with Gasteiger partial charge in [-0.25, -0.2) is 14.4 Å². The topological polar surface area (TPSA) is 126 Å². The Hall–Kier alpha value is -3.58. The van der Waals surface area contributed by atoms with Crippen molar-refractivity contribution in [2.45, 2.75) is 143 Å². The normalized spacial score (nSPS) is 25.4. The van der Waals surface area contributed by atoms with Crippen LogP contribution in [0.3, 0.4) is 0 Å². The summed E-state index contributed by atoms with van der Waals surface area (Å²) in [5.41, 5.74) is 11.9. The van der Waals surface area contributed by atoms with Crippen LogP contribution < -0.4 is 10.6 Å². The number of ether oxygens (including phenoxy) is 3. The van der Waals surface area contributed by atoms with Crippen molar-refractivity contribution < 1.29 is 33.7 Å². The summed E-state index contributed by atoms with van der Waals surface area (Å²) >= 11 is 6.84. The number of aliphatic hydroxyl groups is 1. The quantitative estimate of drug-likeness (QED) is 0.0739. The zero-order chi connectivity index (χ0) is 56.3. The van der Waals surface area contributed by atoms with Gasteiger partial charge >= 0.3 is 17.9 Å². The molecule has 0 atom stereocenters. The number of esters is 3. The highest BCUT2D eigenvalue weighted by atomic mass is 127. The van der Waals surface area contributed by atoms with Crippen molar-refractivity contribution in [2.75, 3.05) is 73.7 Å². The maximum Gasteiger partial charge on any atom is 0.348 e. The van der Waals surface area contributed by atoms with E-state index in [1.54, 1.807) is 16.9 Å². The summed E-state index contributed by atoms with van der Waals surface area (Å²) in [5.74, 6) is 18.1. The molecule has 432 valence electrons. The lowest BCUT2D eigenvalue weighted by atomic mass is 9.75. The highest BCUT2D eigenvalue weighted by molar-refractivity contribution is 14.1. The summed E-state index contributed by atoms with van der Waals surface area (Å²) in [6.45, 7) is 13.7. The molecule has 5 fully saturated rings. The third-order valence-corrected chi connectivity index (χ3v) is 22.1. The van der Waals surface area contributed by atoms with Gasteiger partial charge in [0.15, 0.2) is 0 Å². The summed E-state index contributed by atoms with van der Waals surface area (Å²) in [5, 5.41) is 16.6. The number of aliphatic hydroxyl groups excluding tert-OH is 1. The number of carbonyl (C=O) groups is 3. The molecule has 0 radical (unpaired) electrons. The summed E-state index contributed by atoms with van der Waals surface area (Å²) in [6, 6.07) is 6.46. The maximum atomic E-state index is 12.6. The van der Waals surface area contributed by atoms with Crippen molar-refractivity contribution in [1.29, 1.82) is 0 Å². The molecule has 3 aromatic heterocycles. The summed E-state index contributed by atoms with van der Waals surface area (Å²) in [4.78, 5) is 43.8. The first-order valence-electron chi connectivity index (χ1n) is 30.1. The van der Waals surface area contributed by atoms with Gasteiger partial charge in [0.2, 0.25) is 0 Å². The zero-order valence-electron chi connectivity index (χ0n) is 48.4. The van der Waals surface area contributed by atoms with Gasteiger partial charge in [-0.05, 0) is 206 Å². The Morgan fingerprint density at radius 2 is 0.950 bits per heavy atom. The lowest BCUT2D eigenvalue weighted by Crippen LogP contribution is -2.36. The molecule has 3 N–H and O–H groups in total. The number of halogens is 1. The number of β-amino-alcohol motifs (C(OH)–C–C–N with tert-alkyl or cyclic N) is 1. The smallest absolute Gasteiger partial charge is 0.348 e. The van der Waals surface area contributed by atoms with E-state index in [0.29, 0.717) is 41.0 Å². The predicted molar refractivity (Wildman–Crippen MR) is 336 cm³/mol. The monoisotopic (exact) mass is 1260 g/mol. The molecule has 11 rings (SSSR count). The first-order chi connectivity index (χ1) is 38.8. The lowest BCUT2D eigenvalue weighted by Gasteiger charge is -2.37. The van der Waals surface area contributed by atoms with Crippen molar-refractivity contribution in [1.82, 2.24) is 15.5 Å². The Labute approximate surface area is 503 Å². The minimum absolute atomic E-state index is 0.192. The molecular weight excluding hydrogens is 1170 g/mol. The van der Waals surface area contributed by atoms with E-state index in [1.807, 2.05) is 0 Å². The van der Waals surface area contributed by atoms with Gasteiger partial charge in [0.1, 0.15) is 14.6 Å². The Bertz CT molecular complexity index is 2890. The van der Waals surface area contributed by atoms with E-state index in [-0.39, 0.29) is 24.5 Å². The second-order valence-corrected chi connectivity index (χ2v) is 29.1. The van der Waals surface area contributed by atoms with Gasteiger partial charge in [0.25, 0.3) is 0 Å². The molecule has 10 nitrogen and oxygen atoms in total. The van der Waals surface area contributed by atoms with Crippen LogP contribution in [-0.2, 0) is 14.2 Å². The van der Waals surface area contributed by atoms with Gasteiger partial charge in [0.05, 0.1) is 40.6 Å². The van der Waals surface area contributed by atoms with Crippen molar-refractivity contribution >= 4 is 91.2 Å². The van der Waals surface area contributed by atoms with E-state index >= 15 is 0 Å². The Morgan fingerprint density at radius 3 is 1.35 bits per heavy atom. The van der Waals surface area contributed by atoms with Gasteiger partial charge < -0.3 is 30.0 Å². The molecular formula is C66H86IN3O7S3. The molecule has 0 spiro atoms. The fraction of sp³-hybridized carbons (Fsp3) is 0.621. The van der Waals surface area contributed by atoms with Crippen molar-refractivity contribution in [2.24, 2.45) is 47.3 Å². The van der Waals surface area contributed by atoms with E-state index < -0.39 is 0 Å². The van der Waals surface area contributed by atoms with Crippen LogP contribution in [0.25, 0.3) is 16.7 Å². The highest BCUT2D eigenvalue weighted by Crippen LogP contribution is 2.45. The van der Waals surface area contributed by atoms with E-state index in [0.717, 1.165) is 115 Å². The van der Waals surface area contributed by atoms with Crippen molar-refractivity contribution in [3.8, 4) is 23.7 Å². The van der Waals surface area contributed by atoms with Crippen molar-refractivity contribution in [3.05, 3.63) is 78.9 Å². The molecule has 6 heterocycles. The van der Waals surface area contributed by atoms with Gasteiger partial charge in [-0.3, -0.25) is 4.90 Å². The number of hydrogen-bond acceptors (Lipinski definition) is 13. The van der Waals surface area contributed by atoms with E-state index in [2.05, 4.69) is 101 Å². The maximum absolute atomic E-state index is 12.6. The second kappa shape index (κ2) is 29.3. The molecule has 80 heavy (non-hydrogen) atoms. The third kappa shape index (κ3) is 16.0. The number of hydrogen-bond donors (Lipinski definition) is 3. The SMILES string of the molecule is COC(=O)c1sc(C#CC2CC2)cc1C1=C(C2CCC(C)CC2)CN(CCO)CC1.COC(=O)c1sc(C#CC2CC2)cc1C1=C(C2CCC(C)CC2)CNCC1.COC(=O)c1sc(I)cc1C1=C(C2CCC(C)CC2)CNCC1. The molecule has 3 aliphatic heterocycles. The lowest BCUT2D eigenvalue weighted by molar-refractivity contribution is 0.0597. The van der Waals surface area contributed by atoms with E-state index in [1.165, 1.54) is 175 Å². The fourth-order valence-electron chi connectivity index (χ4n) is 13.0. The van der Waals surface area contributed by atoms with Crippen LogP contribution in [0.5, 0.6) is 0 Å². The van der Waals surface area contributed by atoms with Crippen LogP contribution in [-0.4, -0.2) is 102 Å². The Morgan fingerprint density at radius 1 is 0.562 bits per heavy atom. The molecule has 14 heteroatoms. The van der Waals surface area contributed by atoms with Gasteiger partial charge in [-0.2, -0.15) is 0 Å². The van der Waals surface area contributed by atoms with Crippen LogP contribution in [0.1, 0.15) is 198 Å². The second-order valence-electron chi connectivity index (χ2n) is 24.0. The number of methoxy groups -OCH3 is 3. The summed E-state index contributed by atoms with van der Waals surface area (Å²) in [6.07, 6.45) is 23.1. The minimum Gasteiger partial charge on any atom is -0.465 e. The average Bonchev–Trinajstić information content (AvgIpc) is 4.40. The molecule has 0 aromatic carbocycles. The van der Waals surface area contributed by atoms with Crippen LogP contribution in [0.15, 0.2) is 34.9 Å². The van der Waals surface area contributed by atoms with Gasteiger partial charge in [-0.1, -0.05) is 83.0 Å². The highest BCUT2D eigenvalue weighted by Gasteiger charge is 2.34.